The SMILES string of the molecule is CC(N1C(=O)C2(CC2)NC1c1cccs1)C(C)(C)C. The van der Waals surface area contributed by atoms with E-state index in [0.717, 1.165) is 12.8 Å². The monoisotopic (exact) mass is 278 g/mol. The van der Waals surface area contributed by atoms with Gasteiger partial charge in [-0.25, -0.2) is 0 Å². The van der Waals surface area contributed by atoms with Crippen LogP contribution < -0.4 is 5.32 Å². The van der Waals surface area contributed by atoms with Gasteiger partial charge in [0, 0.05) is 10.9 Å². The van der Waals surface area contributed by atoms with E-state index in [1.807, 2.05) is 0 Å². The van der Waals surface area contributed by atoms with Crippen molar-refractivity contribution in [2.24, 2.45) is 5.41 Å². The van der Waals surface area contributed by atoms with Crippen molar-refractivity contribution >= 4 is 17.2 Å². The summed E-state index contributed by atoms with van der Waals surface area (Å²) in [4.78, 5) is 16.1. The summed E-state index contributed by atoms with van der Waals surface area (Å²) in [7, 11) is 0. The minimum atomic E-state index is -0.242. The first kappa shape index (κ1) is 13.1. The molecule has 1 aliphatic heterocycles. The summed E-state index contributed by atoms with van der Waals surface area (Å²) < 4.78 is 0. The van der Waals surface area contributed by atoms with Gasteiger partial charge in [-0.05, 0) is 36.6 Å². The van der Waals surface area contributed by atoms with Gasteiger partial charge in [-0.15, -0.1) is 11.3 Å². The number of nitrogens with zero attached hydrogens (tertiary/aromatic N) is 1. The zero-order chi connectivity index (χ0) is 13.8. The molecule has 0 radical (unpaired) electrons. The second-order valence-corrected chi connectivity index (χ2v) is 7.88. The van der Waals surface area contributed by atoms with E-state index in [4.69, 9.17) is 0 Å². The van der Waals surface area contributed by atoms with Gasteiger partial charge in [0.25, 0.3) is 0 Å². The molecule has 1 N–H and O–H groups in total. The second kappa shape index (κ2) is 4.06. The number of rotatable bonds is 2. The number of carbonyl (C=O) groups excluding carboxylic acids is 1. The molecule has 1 spiro atoms. The van der Waals surface area contributed by atoms with Gasteiger partial charge in [0.05, 0.1) is 0 Å². The van der Waals surface area contributed by atoms with Crippen LogP contribution in [0, 0.1) is 5.41 Å². The normalized spacial score (nSPS) is 27.1. The van der Waals surface area contributed by atoms with Crippen molar-refractivity contribution in [3.05, 3.63) is 22.4 Å². The highest BCUT2D eigenvalue weighted by molar-refractivity contribution is 7.10. The summed E-state index contributed by atoms with van der Waals surface area (Å²) in [6.07, 6.45) is 2.03. The molecule has 3 rings (SSSR count). The number of carbonyl (C=O) groups is 1. The van der Waals surface area contributed by atoms with Crippen LogP contribution >= 0.6 is 11.3 Å². The minimum Gasteiger partial charge on any atom is -0.317 e. The zero-order valence-corrected chi connectivity index (χ0v) is 12.9. The molecule has 1 aromatic rings. The van der Waals surface area contributed by atoms with E-state index in [-0.39, 0.29) is 23.2 Å². The topological polar surface area (TPSA) is 32.3 Å². The molecule has 104 valence electrons. The molecule has 4 heteroatoms. The van der Waals surface area contributed by atoms with Crippen molar-refractivity contribution in [3.8, 4) is 0 Å². The van der Waals surface area contributed by atoms with Crippen LogP contribution in [0.25, 0.3) is 0 Å². The Bertz CT molecular complexity index is 485. The minimum absolute atomic E-state index is 0.0595. The van der Waals surface area contributed by atoms with E-state index in [1.165, 1.54) is 4.88 Å². The predicted octanol–water partition coefficient (Wildman–Crippen LogP) is 3.15. The number of hydrogen-bond donors (Lipinski definition) is 1. The third-order valence-electron chi connectivity index (χ3n) is 4.57. The Morgan fingerprint density at radius 3 is 2.63 bits per heavy atom. The highest BCUT2D eigenvalue weighted by atomic mass is 32.1. The Morgan fingerprint density at radius 1 is 1.47 bits per heavy atom. The van der Waals surface area contributed by atoms with Crippen molar-refractivity contribution in [1.29, 1.82) is 0 Å². The van der Waals surface area contributed by atoms with E-state index in [1.54, 1.807) is 11.3 Å². The molecule has 0 bridgehead atoms. The third kappa shape index (κ3) is 2.01. The largest absolute Gasteiger partial charge is 0.317 e. The molecule has 1 aromatic heterocycles. The summed E-state index contributed by atoms with van der Waals surface area (Å²) in [5.74, 6) is 0.299. The van der Waals surface area contributed by atoms with Crippen LogP contribution in [0.3, 0.4) is 0 Å². The average Bonchev–Trinajstić information content (AvgIpc) is 2.81. The van der Waals surface area contributed by atoms with Crippen LogP contribution in [0.2, 0.25) is 0 Å². The molecule has 2 aliphatic rings. The standard InChI is InChI=1S/C15H22N2OS/c1-10(14(2,3)4)17-12(11-6-5-9-19-11)16-15(7-8-15)13(17)18/h5-6,9-10,12,16H,7-8H2,1-4H3. The first-order chi connectivity index (χ1) is 8.85. The van der Waals surface area contributed by atoms with Crippen LogP contribution in [0.1, 0.15) is 51.6 Å². The molecule has 2 heterocycles. The summed E-state index contributed by atoms with van der Waals surface area (Å²) >= 11 is 1.73. The quantitative estimate of drug-likeness (QED) is 0.901. The van der Waals surface area contributed by atoms with Crippen molar-refractivity contribution < 1.29 is 4.79 Å². The molecule has 2 atom stereocenters. The van der Waals surface area contributed by atoms with Crippen molar-refractivity contribution in [3.63, 3.8) is 0 Å². The van der Waals surface area contributed by atoms with E-state index in [0.29, 0.717) is 5.91 Å². The first-order valence-electron chi connectivity index (χ1n) is 6.99. The van der Waals surface area contributed by atoms with Crippen molar-refractivity contribution in [1.82, 2.24) is 10.2 Å². The predicted molar refractivity (Wildman–Crippen MR) is 77.9 cm³/mol. The fourth-order valence-electron chi connectivity index (χ4n) is 2.71. The molecular formula is C15H22N2OS. The lowest BCUT2D eigenvalue weighted by molar-refractivity contribution is -0.134. The summed E-state index contributed by atoms with van der Waals surface area (Å²) in [6, 6.07) is 4.41. The Morgan fingerprint density at radius 2 is 2.16 bits per heavy atom. The number of thiophene rings is 1. The Hall–Kier alpha value is -0.870. The second-order valence-electron chi connectivity index (χ2n) is 6.90. The van der Waals surface area contributed by atoms with Crippen LogP contribution in [0.15, 0.2) is 17.5 Å². The van der Waals surface area contributed by atoms with Crippen LogP contribution in [0.4, 0.5) is 0 Å². The van der Waals surface area contributed by atoms with Crippen LogP contribution in [0.5, 0.6) is 0 Å². The fourth-order valence-corrected chi connectivity index (χ4v) is 3.49. The lowest BCUT2D eigenvalue weighted by atomic mass is 9.86. The molecule has 1 saturated heterocycles. The zero-order valence-electron chi connectivity index (χ0n) is 12.1. The molecule has 1 saturated carbocycles. The summed E-state index contributed by atoms with van der Waals surface area (Å²) in [5.41, 5.74) is -0.151. The lowest BCUT2D eigenvalue weighted by Crippen LogP contribution is -2.45. The number of nitrogens with one attached hydrogen (secondary N) is 1. The summed E-state index contributed by atoms with van der Waals surface area (Å²) in [6.45, 7) is 8.78. The van der Waals surface area contributed by atoms with Gasteiger partial charge in [0.15, 0.2) is 0 Å². The maximum Gasteiger partial charge on any atom is 0.244 e. The smallest absolute Gasteiger partial charge is 0.244 e. The Labute approximate surface area is 119 Å². The van der Waals surface area contributed by atoms with Crippen LogP contribution in [-0.4, -0.2) is 22.4 Å². The van der Waals surface area contributed by atoms with Crippen molar-refractivity contribution in [2.45, 2.75) is 58.3 Å². The lowest BCUT2D eigenvalue weighted by Gasteiger charge is -2.38. The molecule has 1 aliphatic carbocycles. The van der Waals surface area contributed by atoms with Gasteiger partial charge < -0.3 is 4.90 Å². The molecule has 2 unspecified atom stereocenters. The average molecular weight is 278 g/mol. The number of amides is 1. The van der Waals surface area contributed by atoms with Gasteiger partial charge in [0.1, 0.15) is 11.7 Å². The van der Waals surface area contributed by atoms with E-state index < -0.39 is 0 Å². The van der Waals surface area contributed by atoms with Gasteiger partial charge in [-0.2, -0.15) is 0 Å². The molecule has 1 amide bonds. The van der Waals surface area contributed by atoms with Crippen molar-refractivity contribution in [2.75, 3.05) is 0 Å². The first-order valence-corrected chi connectivity index (χ1v) is 7.87. The van der Waals surface area contributed by atoms with Gasteiger partial charge in [-0.3, -0.25) is 10.1 Å². The third-order valence-corrected chi connectivity index (χ3v) is 5.49. The fraction of sp³-hybridized carbons (Fsp3) is 0.667. The van der Waals surface area contributed by atoms with Gasteiger partial charge in [-0.1, -0.05) is 26.8 Å². The molecule has 3 nitrogen and oxygen atoms in total. The van der Waals surface area contributed by atoms with Crippen LogP contribution in [-0.2, 0) is 4.79 Å². The molecule has 19 heavy (non-hydrogen) atoms. The van der Waals surface area contributed by atoms with E-state index in [9.17, 15) is 4.79 Å². The maximum absolute atomic E-state index is 12.8. The highest BCUT2D eigenvalue weighted by Crippen LogP contribution is 2.48. The molecular weight excluding hydrogens is 256 g/mol. The molecule has 0 aromatic carbocycles. The Kier molecular flexibility index (Phi) is 2.81. The van der Waals surface area contributed by atoms with E-state index in [2.05, 4.69) is 55.4 Å². The number of hydrogen-bond acceptors (Lipinski definition) is 3. The Balaban J connectivity index is 1.96. The maximum atomic E-state index is 12.8. The van der Waals surface area contributed by atoms with Gasteiger partial charge >= 0.3 is 0 Å². The highest BCUT2D eigenvalue weighted by Gasteiger charge is 2.61. The van der Waals surface area contributed by atoms with E-state index >= 15 is 0 Å². The molecule has 2 fully saturated rings. The summed E-state index contributed by atoms with van der Waals surface area (Å²) in [5, 5.41) is 5.67. The van der Waals surface area contributed by atoms with Gasteiger partial charge in [0.2, 0.25) is 5.91 Å².